The summed E-state index contributed by atoms with van der Waals surface area (Å²) < 4.78 is 20.0. The summed E-state index contributed by atoms with van der Waals surface area (Å²) in [5.74, 6) is 1.25. The van der Waals surface area contributed by atoms with E-state index in [-0.39, 0.29) is 5.82 Å². The van der Waals surface area contributed by atoms with Crippen LogP contribution in [0.3, 0.4) is 0 Å². The molecule has 2 aliphatic heterocycles. The molecular formula is C19H23FN4O. The van der Waals surface area contributed by atoms with E-state index < -0.39 is 0 Å². The Morgan fingerprint density at radius 1 is 1.28 bits per heavy atom. The second-order valence-electron chi connectivity index (χ2n) is 6.95. The predicted molar refractivity (Wildman–Crippen MR) is 95.4 cm³/mol. The van der Waals surface area contributed by atoms with E-state index in [0.29, 0.717) is 29.9 Å². The van der Waals surface area contributed by atoms with Crippen molar-refractivity contribution in [2.45, 2.75) is 32.4 Å². The first-order valence-corrected chi connectivity index (χ1v) is 8.88. The van der Waals surface area contributed by atoms with Gasteiger partial charge in [-0.25, -0.2) is 9.37 Å². The zero-order valence-electron chi connectivity index (χ0n) is 14.7. The van der Waals surface area contributed by atoms with Gasteiger partial charge >= 0.3 is 0 Å². The number of hydrogen-bond donors (Lipinski definition) is 0. The molecule has 6 heteroatoms. The summed E-state index contributed by atoms with van der Waals surface area (Å²) in [5.41, 5.74) is 0.961. The number of piperazine rings is 1. The highest BCUT2D eigenvalue weighted by atomic mass is 19.1. The number of hydrogen-bond acceptors (Lipinski definition) is 5. The van der Waals surface area contributed by atoms with Crippen molar-refractivity contribution in [1.29, 1.82) is 0 Å². The van der Waals surface area contributed by atoms with Crippen LogP contribution in [-0.4, -0.2) is 53.2 Å². The molecule has 0 N–H and O–H groups in total. The van der Waals surface area contributed by atoms with Crippen molar-refractivity contribution in [3.8, 4) is 17.0 Å². The van der Waals surface area contributed by atoms with Gasteiger partial charge in [-0.3, -0.25) is 9.88 Å². The summed E-state index contributed by atoms with van der Waals surface area (Å²) >= 11 is 0. The van der Waals surface area contributed by atoms with Crippen molar-refractivity contribution in [2.75, 3.05) is 31.1 Å². The second-order valence-corrected chi connectivity index (χ2v) is 6.95. The van der Waals surface area contributed by atoms with Crippen LogP contribution in [0.25, 0.3) is 11.3 Å². The van der Waals surface area contributed by atoms with E-state index in [0.717, 1.165) is 37.6 Å². The van der Waals surface area contributed by atoms with Crippen molar-refractivity contribution < 1.29 is 9.13 Å². The quantitative estimate of drug-likeness (QED) is 0.839. The fourth-order valence-electron chi connectivity index (χ4n) is 3.67. The lowest BCUT2D eigenvalue weighted by Crippen LogP contribution is -2.55. The first kappa shape index (κ1) is 16.3. The zero-order valence-corrected chi connectivity index (χ0v) is 14.7. The molecular weight excluding hydrogens is 319 g/mol. The second kappa shape index (κ2) is 6.59. The molecule has 1 saturated heterocycles. The van der Waals surface area contributed by atoms with Gasteiger partial charge in [-0.15, -0.1) is 0 Å². The van der Waals surface area contributed by atoms with Crippen molar-refractivity contribution in [3.05, 3.63) is 36.4 Å². The first-order chi connectivity index (χ1) is 12.1. The highest BCUT2D eigenvalue weighted by Gasteiger charge is 2.32. The maximum Gasteiger partial charge on any atom is 0.171 e. The van der Waals surface area contributed by atoms with Gasteiger partial charge in [0.25, 0.3) is 0 Å². The lowest BCUT2D eigenvalue weighted by Gasteiger charge is -2.42. The number of nitrogens with zero attached hydrogens (tertiary/aromatic N) is 4. The lowest BCUT2D eigenvalue weighted by atomic mass is 10.1. The highest BCUT2D eigenvalue weighted by Crippen LogP contribution is 2.36. The summed E-state index contributed by atoms with van der Waals surface area (Å²) in [7, 11) is 0. The Bertz CT molecular complexity index is 767. The van der Waals surface area contributed by atoms with E-state index in [1.807, 2.05) is 6.07 Å². The normalized spacial score (nSPS) is 20.6. The molecule has 4 rings (SSSR count). The summed E-state index contributed by atoms with van der Waals surface area (Å²) in [6.45, 7) is 8.11. The molecule has 5 nitrogen and oxygen atoms in total. The third-order valence-corrected chi connectivity index (χ3v) is 5.09. The van der Waals surface area contributed by atoms with Crippen LogP contribution >= 0.6 is 0 Å². The monoisotopic (exact) mass is 342 g/mol. The first-order valence-electron chi connectivity index (χ1n) is 8.88. The molecule has 1 fully saturated rings. The van der Waals surface area contributed by atoms with Crippen molar-refractivity contribution >= 4 is 5.82 Å². The minimum atomic E-state index is -0.346. The molecule has 0 bridgehead atoms. The number of anilines is 1. The predicted octanol–water partition coefficient (Wildman–Crippen LogP) is 2.96. The number of fused-ring (bicyclic) bond motifs is 3. The summed E-state index contributed by atoms with van der Waals surface area (Å²) in [4.78, 5) is 13.6. The van der Waals surface area contributed by atoms with Gasteiger partial charge in [0.05, 0.1) is 6.61 Å². The average Bonchev–Trinajstić information content (AvgIpc) is 2.80. The number of halogens is 1. The van der Waals surface area contributed by atoms with E-state index in [2.05, 4.69) is 33.6 Å². The molecule has 0 radical (unpaired) electrons. The number of ether oxygens (including phenoxy) is 1. The SMILES string of the molecule is CC(C)N1CCN2c3ncc(-c4ncccc4F)cc3OCC[C@H]2C1. The van der Waals surface area contributed by atoms with Gasteiger partial charge in [0.1, 0.15) is 11.5 Å². The van der Waals surface area contributed by atoms with Crippen LogP contribution in [0.4, 0.5) is 10.2 Å². The Kier molecular flexibility index (Phi) is 4.29. The number of aromatic nitrogens is 2. The minimum Gasteiger partial charge on any atom is -0.490 e. The van der Waals surface area contributed by atoms with Crippen LogP contribution < -0.4 is 9.64 Å². The van der Waals surface area contributed by atoms with Gasteiger partial charge < -0.3 is 9.64 Å². The number of rotatable bonds is 2. The third kappa shape index (κ3) is 3.06. The topological polar surface area (TPSA) is 41.5 Å². The fraction of sp³-hybridized carbons (Fsp3) is 0.474. The maximum atomic E-state index is 14.0. The Morgan fingerprint density at radius 3 is 2.96 bits per heavy atom. The maximum absolute atomic E-state index is 14.0. The fourth-order valence-corrected chi connectivity index (χ4v) is 3.67. The molecule has 0 unspecified atom stereocenters. The van der Waals surface area contributed by atoms with Crippen molar-refractivity contribution in [3.63, 3.8) is 0 Å². The van der Waals surface area contributed by atoms with Gasteiger partial charge in [-0.1, -0.05) is 0 Å². The van der Waals surface area contributed by atoms with Crippen molar-refractivity contribution in [1.82, 2.24) is 14.9 Å². The Balaban J connectivity index is 1.66. The van der Waals surface area contributed by atoms with E-state index in [1.54, 1.807) is 18.5 Å². The molecule has 1 atom stereocenters. The smallest absolute Gasteiger partial charge is 0.171 e. The zero-order chi connectivity index (χ0) is 17.4. The Morgan fingerprint density at radius 2 is 2.16 bits per heavy atom. The van der Waals surface area contributed by atoms with E-state index in [9.17, 15) is 4.39 Å². The summed E-state index contributed by atoms with van der Waals surface area (Å²) in [6.07, 6.45) is 4.25. The molecule has 2 aliphatic rings. The molecule has 132 valence electrons. The third-order valence-electron chi connectivity index (χ3n) is 5.09. The molecule has 2 aromatic rings. The molecule has 0 amide bonds. The van der Waals surface area contributed by atoms with Gasteiger partial charge in [0.15, 0.2) is 11.6 Å². The van der Waals surface area contributed by atoms with Crippen LogP contribution in [0.1, 0.15) is 20.3 Å². The van der Waals surface area contributed by atoms with Crippen LogP contribution in [0, 0.1) is 5.82 Å². The Labute approximate surface area is 147 Å². The standard InChI is InChI=1S/C19H23FN4O/c1-13(2)23-7-8-24-15(12-23)5-9-25-17-10-14(11-22-19(17)24)18-16(20)4-3-6-21-18/h3-4,6,10-11,13,15H,5,7-9,12H2,1-2H3/t15-/m0/s1. The molecule has 2 aromatic heterocycles. The molecule has 25 heavy (non-hydrogen) atoms. The number of pyridine rings is 2. The minimum absolute atomic E-state index is 0.312. The summed E-state index contributed by atoms with van der Waals surface area (Å²) in [6, 6.07) is 5.82. The van der Waals surface area contributed by atoms with Crippen LogP contribution in [-0.2, 0) is 0 Å². The average molecular weight is 342 g/mol. The summed E-state index contributed by atoms with van der Waals surface area (Å²) in [5, 5.41) is 0. The van der Waals surface area contributed by atoms with Crippen molar-refractivity contribution in [2.24, 2.45) is 0 Å². The molecule has 0 spiro atoms. The van der Waals surface area contributed by atoms with E-state index in [4.69, 9.17) is 4.74 Å². The van der Waals surface area contributed by atoms with E-state index >= 15 is 0 Å². The van der Waals surface area contributed by atoms with Crippen LogP contribution in [0.5, 0.6) is 5.75 Å². The molecule has 4 heterocycles. The van der Waals surface area contributed by atoms with Gasteiger partial charge in [-0.05, 0) is 32.0 Å². The highest BCUT2D eigenvalue weighted by molar-refractivity contribution is 5.66. The molecule has 0 saturated carbocycles. The molecule has 0 aliphatic carbocycles. The lowest BCUT2D eigenvalue weighted by molar-refractivity contribution is 0.172. The largest absolute Gasteiger partial charge is 0.490 e. The van der Waals surface area contributed by atoms with Crippen LogP contribution in [0.2, 0.25) is 0 Å². The van der Waals surface area contributed by atoms with E-state index in [1.165, 1.54) is 6.07 Å². The van der Waals surface area contributed by atoms with Gasteiger partial charge in [-0.2, -0.15) is 0 Å². The Hall–Kier alpha value is -2.21. The van der Waals surface area contributed by atoms with Gasteiger partial charge in [0, 0.05) is 56.1 Å². The van der Waals surface area contributed by atoms with Crippen LogP contribution in [0.15, 0.2) is 30.6 Å². The molecule has 0 aromatic carbocycles. The van der Waals surface area contributed by atoms with Gasteiger partial charge in [0.2, 0.25) is 0 Å².